The van der Waals surface area contributed by atoms with Gasteiger partial charge in [-0.15, -0.1) is 0 Å². The topological polar surface area (TPSA) is 18.5 Å². The molecule has 1 aliphatic carbocycles. The Morgan fingerprint density at radius 2 is 2.24 bits per heavy atom. The van der Waals surface area contributed by atoms with Gasteiger partial charge in [0.25, 0.3) is 0 Å². The van der Waals surface area contributed by atoms with Crippen molar-refractivity contribution in [1.82, 2.24) is 0 Å². The zero-order chi connectivity index (χ0) is 14.2. The Hall–Kier alpha value is -1.48. The van der Waals surface area contributed by atoms with Gasteiger partial charge in [0, 0.05) is 17.5 Å². The van der Waals surface area contributed by atoms with Gasteiger partial charge in [0.05, 0.1) is 26.1 Å². The summed E-state index contributed by atoms with van der Waals surface area (Å²) in [6.07, 6.45) is 6.37. The molecule has 0 aromatic heterocycles. The first-order chi connectivity index (χ1) is 10.2. The van der Waals surface area contributed by atoms with Gasteiger partial charge in [-0.05, 0) is 30.5 Å². The van der Waals surface area contributed by atoms with Crippen LogP contribution in [0.2, 0.25) is 0 Å². The number of hydrogen-bond donors (Lipinski definition) is 0. The average Bonchev–Trinajstić information content (AvgIpc) is 2.69. The fourth-order valence-electron chi connectivity index (χ4n) is 5.31. The number of allylic oxidation sites excluding steroid dienone is 1. The molecule has 4 heterocycles. The van der Waals surface area contributed by atoms with Crippen molar-refractivity contribution in [2.45, 2.75) is 37.3 Å². The molecule has 0 saturated carbocycles. The molecule has 5 aliphatic rings. The first kappa shape index (κ1) is 12.1. The fourth-order valence-corrected chi connectivity index (χ4v) is 5.31. The summed E-state index contributed by atoms with van der Waals surface area (Å²) in [5, 5.41) is 0. The lowest BCUT2D eigenvalue weighted by atomic mass is 9.63. The van der Waals surface area contributed by atoms with Crippen LogP contribution in [0.3, 0.4) is 0 Å². The Labute approximate surface area is 125 Å². The molecule has 1 saturated heterocycles. The zero-order valence-electron chi connectivity index (χ0n) is 12.8. The maximum absolute atomic E-state index is 6.46. The van der Waals surface area contributed by atoms with Crippen LogP contribution in [-0.4, -0.2) is 37.8 Å². The third-order valence-electron chi connectivity index (χ3n) is 6.23. The van der Waals surface area contributed by atoms with Crippen LogP contribution in [0.4, 0.5) is 0 Å². The second kappa shape index (κ2) is 3.64. The lowest BCUT2D eigenvalue weighted by molar-refractivity contribution is -0.921. The highest BCUT2D eigenvalue weighted by Gasteiger charge is 2.60. The predicted molar refractivity (Wildman–Crippen MR) is 80.6 cm³/mol. The lowest BCUT2D eigenvalue weighted by Gasteiger charge is -2.47. The smallest absolute Gasteiger partial charge is 0.166 e. The number of quaternary nitrogens is 1. The van der Waals surface area contributed by atoms with Gasteiger partial charge in [0.1, 0.15) is 19.2 Å². The first-order valence-corrected chi connectivity index (χ1v) is 8.06. The molecule has 2 bridgehead atoms. The van der Waals surface area contributed by atoms with E-state index in [-0.39, 0.29) is 5.41 Å². The minimum atomic E-state index is 0.158. The standard InChI is InChI=1S/C18H22NO2/c1-19-9-8-18-13(11-19)4-3-5-15(18)21-17-14(20-2)7-6-12(10-19)16(17)18/h4,6-7,15H,3,5,8-11H2,1-2H3/q+1/t15-,18+,19?/m0/s1. The molecule has 1 unspecified atom stereocenters. The molecule has 1 spiro atoms. The Balaban J connectivity index is 1.87. The van der Waals surface area contributed by atoms with Gasteiger partial charge < -0.3 is 14.0 Å². The maximum Gasteiger partial charge on any atom is 0.166 e. The van der Waals surface area contributed by atoms with E-state index >= 15 is 0 Å². The van der Waals surface area contributed by atoms with Crippen molar-refractivity contribution in [3.63, 3.8) is 0 Å². The van der Waals surface area contributed by atoms with Crippen molar-refractivity contribution in [3.05, 3.63) is 34.9 Å². The van der Waals surface area contributed by atoms with Gasteiger partial charge in [-0.3, -0.25) is 0 Å². The van der Waals surface area contributed by atoms with Crippen LogP contribution in [0.5, 0.6) is 11.5 Å². The summed E-state index contributed by atoms with van der Waals surface area (Å²) < 4.78 is 13.2. The molecule has 1 aromatic rings. The van der Waals surface area contributed by atoms with Crippen molar-refractivity contribution < 1.29 is 14.0 Å². The summed E-state index contributed by atoms with van der Waals surface area (Å²) >= 11 is 0. The van der Waals surface area contributed by atoms with E-state index in [2.05, 4.69) is 25.3 Å². The molecule has 0 amide bonds. The monoisotopic (exact) mass is 284 g/mol. The van der Waals surface area contributed by atoms with E-state index in [0.29, 0.717) is 6.10 Å². The molecule has 3 heteroatoms. The summed E-state index contributed by atoms with van der Waals surface area (Å²) in [4.78, 5) is 0. The van der Waals surface area contributed by atoms with E-state index < -0.39 is 0 Å². The predicted octanol–water partition coefficient (Wildman–Crippen LogP) is 2.78. The molecule has 110 valence electrons. The SMILES string of the molecule is COc1ccc2c3c1O[C@H]1CCC=C4C[N+](C)(CC[C@]431)C2. The van der Waals surface area contributed by atoms with Gasteiger partial charge in [0.2, 0.25) is 0 Å². The van der Waals surface area contributed by atoms with Gasteiger partial charge in [-0.25, -0.2) is 0 Å². The molecule has 21 heavy (non-hydrogen) atoms. The highest BCUT2D eigenvalue weighted by molar-refractivity contribution is 5.62. The third kappa shape index (κ3) is 1.29. The van der Waals surface area contributed by atoms with Gasteiger partial charge in [-0.1, -0.05) is 6.08 Å². The number of benzene rings is 1. The second-order valence-corrected chi connectivity index (χ2v) is 7.42. The number of rotatable bonds is 1. The lowest BCUT2D eigenvalue weighted by Crippen LogP contribution is -2.55. The van der Waals surface area contributed by atoms with E-state index in [4.69, 9.17) is 9.47 Å². The number of hydrogen-bond acceptors (Lipinski definition) is 2. The number of piperidine rings is 1. The van der Waals surface area contributed by atoms with Gasteiger partial charge in [-0.2, -0.15) is 0 Å². The van der Waals surface area contributed by atoms with Crippen molar-refractivity contribution in [2.24, 2.45) is 0 Å². The molecular formula is C18H22NO2+. The molecule has 1 fully saturated rings. The van der Waals surface area contributed by atoms with E-state index in [1.165, 1.54) is 30.6 Å². The number of ether oxygens (including phenoxy) is 2. The number of fused-ring (bicyclic) bond motifs is 1. The highest BCUT2D eigenvalue weighted by Crippen LogP contribution is 2.61. The molecule has 3 atom stereocenters. The molecule has 6 rings (SSSR count). The van der Waals surface area contributed by atoms with Crippen LogP contribution in [0.25, 0.3) is 0 Å². The van der Waals surface area contributed by atoms with Crippen LogP contribution in [0.15, 0.2) is 23.8 Å². The zero-order valence-corrected chi connectivity index (χ0v) is 12.8. The van der Waals surface area contributed by atoms with Crippen LogP contribution in [0, 0.1) is 0 Å². The van der Waals surface area contributed by atoms with Gasteiger partial charge in [0.15, 0.2) is 11.5 Å². The Bertz CT molecular complexity index is 680. The molecule has 0 N–H and O–H groups in total. The van der Waals surface area contributed by atoms with Crippen molar-refractivity contribution >= 4 is 0 Å². The Morgan fingerprint density at radius 3 is 3.10 bits per heavy atom. The average molecular weight is 284 g/mol. The summed E-state index contributed by atoms with van der Waals surface area (Å²) in [5.41, 5.74) is 4.75. The van der Waals surface area contributed by atoms with Crippen molar-refractivity contribution in [2.75, 3.05) is 27.2 Å². The van der Waals surface area contributed by atoms with Crippen LogP contribution in [0.1, 0.15) is 30.4 Å². The Morgan fingerprint density at radius 1 is 1.33 bits per heavy atom. The van der Waals surface area contributed by atoms with Crippen molar-refractivity contribution in [3.8, 4) is 11.5 Å². The van der Waals surface area contributed by atoms with E-state index in [1.807, 2.05) is 0 Å². The second-order valence-electron chi connectivity index (χ2n) is 7.42. The molecule has 1 aromatic carbocycles. The first-order valence-electron chi connectivity index (χ1n) is 8.06. The number of methoxy groups -OCH3 is 1. The van der Waals surface area contributed by atoms with Gasteiger partial charge >= 0.3 is 0 Å². The van der Waals surface area contributed by atoms with E-state index in [0.717, 1.165) is 35.4 Å². The molecule has 4 aliphatic heterocycles. The largest absolute Gasteiger partial charge is 0.493 e. The third-order valence-corrected chi connectivity index (χ3v) is 6.23. The summed E-state index contributed by atoms with van der Waals surface area (Å²) in [6.45, 7) is 3.57. The summed E-state index contributed by atoms with van der Waals surface area (Å²) in [6, 6.07) is 4.38. The van der Waals surface area contributed by atoms with E-state index in [1.54, 1.807) is 12.7 Å². The van der Waals surface area contributed by atoms with Crippen LogP contribution < -0.4 is 9.47 Å². The summed E-state index contributed by atoms with van der Waals surface area (Å²) in [7, 11) is 4.17. The van der Waals surface area contributed by atoms with E-state index in [9.17, 15) is 0 Å². The maximum atomic E-state index is 6.46. The van der Waals surface area contributed by atoms with Crippen LogP contribution in [-0.2, 0) is 12.0 Å². The molecule has 3 nitrogen and oxygen atoms in total. The minimum Gasteiger partial charge on any atom is -0.493 e. The quantitative estimate of drug-likeness (QED) is 0.583. The number of likely N-dealkylation sites (N-methyl/N-ethyl adjacent to an activating group) is 1. The molecule has 0 radical (unpaired) electrons. The Kier molecular flexibility index (Phi) is 2.10. The fraction of sp³-hybridized carbons (Fsp3) is 0.556. The summed E-state index contributed by atoms with van der Waals surface area (Å²) in [5.74, 6) is 1.96. The minimum absolute atomic E-state index is 0.158. The number of nitrogens with zero attached hydrogens (tertiary/aromatic N) is 1. The van der Waals surface area contributed by atoms with Crippen LogP contribution >= 0.6 is 0 Å². The highest BCUT2D eigenvalue weighted by atomic mass is 16.5. The normalized spacial score (nSPS) is 38.4. The van der Waals surface area contributed by atoms with Crippen molar-refractivity contribution in [1.29, 1.82) is 0 Å². The molecular weight excluding hydrogens is 262 g/mol.